The maximum Gasteiger partial charge on any atom is 0.307 e. The lowest BCUT2D eigenvalue weighted by atomic mass is 10.3. The number of halogens is 1. The lowest BCUT2D eigenvalue weighted by Gasteiger charge is -1.95. The zero-order valence-corrected chi connectivity index (χ0v) is 13.5. The van der Waals surface area contributed by atoms with Gasteiger partial charge in [0.2, 0.25) is 0 Å². The molecule has 4 nitrogen and oxygen atoms in total. The third-order valence-corrected chi connectivity index (χ3v) is 4.27. The summed E-state index contributed by atoms with van der Waals surface area (Å²) >= 11 is 4.93. The van der Waals surface area contributed by atoms with E-state index in [1.54, 1.807) is 0 Å². The van der Waals surface area contributed by atoms with E-state index in [-0.39, 0.29) is 0 Å². The number of H-pyrrole nitrogens is 1. The number of benzene rings is 2. The Morgan fingerprint density at radius 3 is 2.71 bits per heavy atom. The molecule has 1 heterocycles. The Morgan fingerprint density at radius 2 is 1.95 bits per heavy atom. The second kappa shape index (κ2) is 6.32. The van der Waals surface area contributed by atoms with Crippen LogP contribution in [0.15, 0.2) is 53.0 Å². The lowest BCUT2D eigenvalue weighted by Crippen LogP contribution is -2.68. The number of rotatable bonds is 3. The molecule has 4 N–H and O–H groups in total. The standard InChI is InChI=1S/C15H13BrN4S/c16-10-5-7-11(8-6-10)18-15(17)21-9-14-19-12-3-1-2-4-13(12)20-14/h1-8H,9H2,(H2,17,18)(H,19,20)/p+1. The van der Waals surface area contributed by atoms with Gasteiger partial charge in [0, 0.05) is 4.47 Å². The van der Waals surface area contributed by atoms with Crippen LogP contribution < -0.4 is 10.7 Å². The number of imidazole rings is 1. The normalized spacial score (nSPS) is 12.0. The molecule has 0 unspecified atom stereocenters. The molecule has 0 aliphatic heterocycles. The smallest absolute Gasteiger partial charge is 0.307 e. The van der Waals surface area contributed by atoms with Crippen molar-refractivity contribution in [2.24, 2.45) is 5.73 Å². The molecule has 21 heavy (non-hydrogen) atoms. The van der Waals surface area contributed by atoms with Crippen molar-refractivity contribution in [3.05, 3.63) is 58.8 Å². The van der Waals surface area contributed by atoms with Crippen LogP contribution in [0.3, 0.4) is 0 Å². The molecule has 0 aliphatic rings. The SMILES string of the molecule is NC(=[NH+]c1ccc(Br)cc1)SCc1nc2ccccc2[nH]1. The summed E-state index contributed by atoms with van der Waals surface area (Å²) < 4.78 is 1.04. The second-order valence-corrected chi connectivity index (χ2v) is 6.42. The maximum atomic E-state index is 6.00. The number of nitrogens with one attached hydrogen (secondary N) is 2. The van der Waals surface area contributed by atoms with Gasteiger partial charge in [-0.3, -0.25) is 5.73 Å². The summed E-state index contributed by atoms with van der Waals surface area (Å²) in [5, 5.41) is 0.651. The van der Waals surface area contributed by atoms with Crippen LogP contribution in [0.4, 0.5) is 5.69 Å². The number of thioether (sulfide) groups is 1. The minimum atomic E-state index is 0.651. The molecule has 106 valence electrons. The van der Waals surface area contributed by atoms with Gasteiger partial charge < -0.3 is 4.98 Å². The Balaban J connectivity index is 1.67. The van der Waals surface area contributed by atoms with E-state index >= 15 is 0 Å². The molecule has 0 saturated heterocycles. The molecule has 0 aliphatic carbocycles. The Morgan fingerprint density at radius 1 is 1.19 bits per heavy atom. The average molecular weight is 362 g/mol. The molecule has 0 fully saturated rings. The Bertz CT molecular complexity index is 747. The quantitative estimate of drug-likeness (QED) is 0.495. The summed E-state index contributed by atoms with van der Waals surface area (Å²) in [5.74, 6) is 1.62. The number of aromatic nitrogens is 2. The van der Waals surface area contributed by atoms with Gasteiger partial charge in [0.15, 0.2) is 0 Å². The first kappa shape index (κ1) is 14.2. The van der Waals surface area contributed by atoms with Gasteiger partial charge in [-0.1, -0.05) is 28.1 Å². The topological polar surface area (TPSA) is 68.7 Å². The first-order chi connectivity index (χ1) is 10.2. The van der Waals surface area contributed by atoms with Gasteiger partial charge in [-0.05, 0) is 48.2 Å². The molecular weight excluding hydrogens is 348 g/mol. The molecular formula is C15H14BrN4S+. The molecule has 0 saturated carbocycles. The first-order valence-corrected chi connectivity index (χ1v) is 8.20. The third kappa shape index (κ3) is 3.65. The minimum absolute atomic E-state index is 0.651. The molecule has 6 heteroatoms. The van der Waals surface area contributed by atoms with E-state index < -0.39 is 0 Å². The van der Waals surface area contributed by atoms with Crippen molar-refractivity contribution in [1.82, 2.24) is 9.97 Å². The van der Waals surface area contributed by atoms with Gasteiger partial charge in [-0.2, -0.15) is 0 Å². The first-order valence-electron chi connectivity index (χ1n) is 6.42. The highest BCUT2D eigenvalue weighted by atomic mass is 79.9. The summed E-state index contributed by atoms with van der Waals surface area (Å²) in [4.78, 5) is 11.0. The fraction of sp³-hybridized carbons (Fsp3) is 0.0667. The highest BCUT2D eigenvalue weighted by Crippen LogP contribution is 2.14. The van der Waals surface area contributed by atoms with Crippen LogP contribution >= 0.6 is 27.7 Å². The summed E-state index contributed by atoms with van der Waals surface area (Å²) in [6.07, 6.45) is 0. The second-order valence-electron chi connectivity index (χ2n) is 4.49. The third-order valence-electron chi connectivity index (χ3n) is 2.91. The zero-order chi connectivity index (χ0) is 14.7. The average Bonchev–Trinajstić information content (AvgIpc) is 2.90. The van der Waals surface area contributed by atoms with E-state index in [0.29, 0.717) is 10.9 Å². The molecule has 0 radical (unpaired) electrons. The van der Waals surface area contributed by atoms with Gasteiger partial charge >= 0.3 is 5.17 Å². The van der Waals surface area contributed by atoms with Gasteiger partial charge in [0.1, 0.15) is 11.5 Å². The van der Waals surface area contributed by atoms with Crippen molar-refractivity contribution in [3.8, 4) is 0 Å². The number of nitrogens with zero attached hydrogens (tertiary/aromatic N) is 1. The number of hydrogen-bond donors (Lipinski definition) is 3. The Kier molecular flexibility index (Phi) is 4.26. The van der Waals surface area contributed by atoms with Crippen molar-refractivity contribution >= 4 is 49.6 Å². The predicted octanol–water partition coefficient (Wildman–Crippen LogP) is 2.29. The molecule has 3 aromatic rings. The van der Waals surface area contributed by atoms with Crippen LogP contribution in [0.5, 0.6) is 0 Å². The predicted molar refractivity (Wildman–Crippen MR) is 91.3 cm³/mol. The van der Waals surface area contributed by atoms with Crippen molar-refractivity contribution in [2.75, 3.05) is 0 Å². The summed E-state index contributed by atoms with van der Waals surface area (Å²) in [5.41, 5.74) is 8.99. The highest BCUT2D eigenvalue weighted by molar-refractivity contribution is 9.10. The molecule has 1 aromatic heterocycles. The van der Waals surface area contributed by atoms with Crippen molar-refractivity contribution in [3.63, 3.8) is 0 Å². The Hall–Kier alpha value is -1.79. The zero-order valence-electron chi connectivity index (χ0n) is 11.1. The van der Waals surface area contributed by atoms with E-state index in [1.165, 1.54) is 11.8 Å². The lowest BCUT2D eigenvalue weighted by molar-refractivity contribution is -0.351. The molecule has 2 aromatic carbocycles. The number of aromatic amines is 1. The number of amidine groups is 1. The van der Waals surface area contributed by atoms with Crippen LogP contribution in [-0.2, 0) is 5.75 Å². The molecule has 3 rings (SSSR count). The van der Waals surface area contributed by atoms with E-state index in [9.17, 15) is 0 Å². The fourth-order valence-corrected chi connectivity index (χ4v) is 2.81. The number of fused-ring (bicyclic) bond motifs is 1. The van der Waals surface area contributed by atoms with E-state index in [2.05, 4.69) is 30.9 Å². The van der Waals surface area contributed by atoms with E-state index in [1.807, 2.05) is 48.5 Å². The maximum absolute atomic E-state index is 6.00. The minimum Gasteiger partial charge on any atom is -0.341 e. The largest absolute Gasteiger partial charge is 0.341 e. The Labute approximate surface area is 135 Å². The van der Waals surface area contributed by atoms with Gasteiger partial charge in [0.25, 0.3) is 0 Å². The van der Waals surface area contributed by atoms with Crippen molar-refractivity contribution in [2.45, 2.75) is 5.75 Å². The number of para-hydroxylation sites is 2. The highest BCUT2D eigenvalue weighted by Gasteiger charge is 2.06. The van der Waals surface area contributed by atoms with Gasteiger partial charge in [0.05, 0.1) is 16.8 Å². The summed E-state index contributed by atoms with van der Waals surface area (Å²) in [7, 11) is 0. The summed E-state index contributed by atoms with van der Waals surface area (Å²) in [6.45, 7) is 0. The summed E-state index contributed by atoms with van der Waals surface area (Å²) in [6, 6.07) is 15.9. The van der Waals surface area contributed by atoms with Gasteiger partial charge in [-0.15, -0.1) is 0 Å². The number of hydrogen-bond acceptors (Lipinski definition) is 2. The van der Waals surface area contributed by atoms with Crippen LogP contribution in [-0.4, -0.2) is 15.1 Å². The number of nitrogens with two attached hydrogens (primary N) is 1. The van der Waals surface area contributed by atoms with Crippen LogP contribution in [0.25, 0.3) is 11.0 Å². The van der Waals surface area contributed by atoms with Crippen LogP contribution in [0.2, 0.25) is 0 Å². The molecule has 0 bridgehead atoms. The van der Waals surface area contributed by atoms with E-state index in [4.69, 9.17) is 5.73 Å². The molecule has 0 spiro atoms. The van der Waals surface area contributed by atoms with Crippen LogP contribution in [0.1, 0.15) is 5.82 Å². The van der Waals surface area contributed by atoms with E-state index in [0.717, 1.165) is 27.0 Å². The monoisotopic (exact) mass is 361 g/mol. The van der Waals surface area contributed by atoms with Gasteiger partial charge in [-0.25, -0.2) is 9.98 Å². The van der Waals surface area contributed by atoms with Crippen molar-refractivity contribution in [1.29, 1.82) is 0 Å². The fourth-order valence-electron chi connectivity index (χ4n) is 1.93. The molecule has 0 amide bonds. The molecule has 0 atom stereocenters. The van der Waals surface area contributed by atoms with Crippen molar-refractivity contribution < 1.29 is 4.99 Å². The van der Waals surface area contributed by atoms with Crippen LogP contribution in [0, 0.1) is 0 Å².